The molecule has 0 amide bonds. The minimum Gasteiger partial charge on any atom is -0.367 e. The molecule has 1 aromatic heterocycles. The van der Waals surface area contributed by atoms with E-state index in [0.29, 0.717) is 11.7 Å². The first-order valence-electron chi connectivity index (χ1n) is 5.32. The third kappa shape index (κ3) is 3.10. The Morgan fingerprint density at radius 3 is 2.69 bits per heavy atom. The minimum absolute atomic E-state index is 0.0646. The van der Waals surface area contributed by atoms with Crippen molar-refractivity contribution in [2.24, 2.45) is 0 Å². The summed E-state index contributed by atoms with van der Waals surface area (Å²) in [5.41, 5.74) is 0.503. The number of sulfonamides is 1. The van der Waals surface area contributed by atoms with Crippen molar-refractivity contribution >= 4 is 21.5 Å². The van der Waals surface area contributed by atoms with Crippen LogP contribution in [-0.4, -0.2) is 25.2 Å². The van der Waals surface area contributed by atoms with Crippen LogP contribution in [0.2, 0.25) is 0 Å². The maximum absolute atomic E-state index is 11.3. The molecule has 1 fully saturated rings. The summed E-state index contributed by atoms with van der Waals surface area (Å²) in [4.78, 5) is 4.14. The van der Waals surface area contributed by atoms with E-state index in [4.69, 9.17) is 0 Å². The molecule has 2 rings (SSSR count). The van der Waals surface area contributed by atoms with E-state index in [9.17, 15) is 8.42 Å². The third-order valence-corrected chi connectivity index (χ3v) is 3.65. The summed E-state index contributed by atoms with van der Waals surface area (Å²) in [6.07, 6.45) is 3.90. The zero-order valence-electron chi connectivity index (χ0n) is 9.10. The predicted octanol–water partition coefficient (Wildman–Crippen LogP) is 1.42. The lowest BCUT2D eigenvalue weighted by molar-refractivity contribution is 0.602. The number of rotatable bonds is 5. The van der Waals surface area contributed by atoms with Crippen LogP contribution < -0.4 is 10.0 Å². The van der Waals surface area contributed by atoms with Gasteiger partial charge in [0.05, 0.1) is 17.6 Å². The summed E-state index contributed by atoms with van der Waals surface area (Å²) >= 11 is 0. The van der Waals surface area contributed by atoms with Crippen LogP contribution in [0.15, 0.2) is 18.3 Å². The minimum atomic E-state index is -3.21. The van der Waals surface area contributed by atoms with Gasteiger partial charge in [0.15, 0.2) is 0 Å². The molecule has 6 heteroatoms. The second kappa shape index (κ2) is 4.29. The molecule has 1 aliphatic rings. The number of hydrogen-bond acceptors (Lipinski definition) is 4. The van der Waals surface area contributed by atoms with E-state index in [1.165, 1.54) is 19.0 Å². The van der Waals surface area contributed by atoms with Crippen LogP contribution in [0.1, 0.15) is 19.8 Å². The highest BCUT2D eigenvalue weighted by Crippen LogP contribution is 2.24. The van der Waals surface area contributed by atoms with Gasteiger partial charge in [-0.3, -0.25) is 4.72 Å². The Bertz CT molecular complexity index is 451. The highest BCUT2D eigenvalue weighted by Gasteiger charge is 2.21. The van der Waals surface area contributed by atoms with E-state index in [0.717, 1.165) is 5.82 Å². The average Bonchev–Trinajstić information content (AvgIpc) is 3.05. The lowest BCUT2D eigenvalue weighted by atomic mass is 10.4. The van der Waals surface area contributed by atoms with Gasteiger partial charge >= 0.3 is 0 Å². The standard InChI is InChI=1S/C10H15N3O2S/c1-2-16(14,15)13-9-5-6-10(11-7-9)12-8-3-4-8/h5-8,13H,2-4H2,1H3,(H,11,12). The third-order valence-electron chi connectivity index (χ3n) is 2.35. The van der Waals surface area contributed by atoms with Crippen LogP contribution in [0, 0.1) is 0 Å². The van der Waals surface area contributed by atoms with Gasteiger partial charge in [-0.1, -0.05) is 0 Å². The Labute approximate surface area is 95.3 Å². The van der Waals surface area contributed by atoms with Gasteiger partial charge in [-0.25, -0.2) is 13.4 Å². The van der Waals surface area contributed by atoms with Crippen molar-refractivity contribution in [1.82, 2.24) is 4.98 Å². The number of pyridine rings is 1. The first-order valence-corrected chi connectivity index (χ1v) is 6.97. The molecular weight excluding hydrogens is 226 g/mol. The fourth-order valence-electron chi connectivity index (χ4n) is 1.23. The zero-order chi connectivity index (χ0) is 11.6. The average molecular weight is 241 g/mol. The molecule has 0 radical (unpaired) electrons. The van der Waals surface area contributed by atoms with Crippen molar-refractivity contribution in [3.05, 3.63) is 18.3 Å². The van der Waals surface area contributed by atoms with E-state index >= 15 is 0 Å². The molecule has 0 saturated heterocycles. The molecule has 0 unspecified atom stereocenters. The van der Waals surface area contributed by atoms with Gasteiger partial charge in [-0.05, 0) is 31.9 Å². The lowest BCUT2D eigenvalue weighted by Gasteiger charge is -2.07. The molecular formula is C10H15N3O2S. The van der Waals surface area contributed by atoms with E-state index in [1.807, 2.05) is 0 Å². The molecule has 2 N–H and O–H groups in total. The molecule has 0 aliphatic heterocycles. The second-order valence-corrected chi connectivity index (χ2v) is 5.87. The Morgan fingerprint density at radius 2 is 2.19 bits per heavy atom. The van der Waals surface area contributed by atoms with E-state index < -0.39 is 10.0 Å². The van der Waals surface area contributed by atoms with E-state index in [-0.39, 0.29) is 5.75 Å². The van der Waals surface area contributed by atoms with E-state index in [1.54, 1.807) is 19.1 Å². The van der Waals surface area contributed by atoms with Crippen LogP contribution in [-0.2, 0) is 10.0 Å². The molecule has 0 atom stereocenters. The molecule has 1 heterocycles. The van der Waals surface area contributed by atoms with Crippen molar-refractivity contribution in [2.45, 2.75) is 25.8 Å². The largest absolute Gasteiger partial charge is 0.367 e. The van der Waals surface area contributed by atoms with Gasteiger partial charge in [-0.2, -0.15) is 0 Å². The summed E-state index contributed by atoms with van der Waals surface area (Å²) in [5.74, 6) is 0.858. The summed E-state index contributed by atoms with van der Waals surface area (Å²) in [5, 5.41) is 3.23. The van der Waals surface area contributed by atoms with Crippen LogP contribution >= 0.6 is 0 Å². The number of nitrogens with one attached hydrogen (secondary N) is 2. The highest BCUT2D eigenvalue weighted by atomic mass is 32.2. The molecule has 1 aromatic rings. The zero-order valence-corrected chi connectivity index (χ0v) is 9.92. The molecule has 0 bridgehead atoms. The Morgan fingerprint density at radius 1 is 1.44 bits per heavy atom. The smallest absolute Gasteiger partial charge is 0.232 e. The van der Waals surface area contributed by atoms with Crippen LogP contribution in [0.25, 0.3) is 0 Å². The van der Waals surface area contributed by atoms with Crippen LogP contribution in [0.4, 0.5) is 11.5 Å². The van der Waals surface area contributed by atoms with Crippen LogP contribution in [0.3, 0.4) is 0 Å². The number of hydrogen-bond donors (Lipinski definition) is 2. The number of nitrogens with zero attached hydrogens (tertiary/aromatic N) is 1. The van der Waals surface area contributed by atoms with Crippen molar-refractivity contribution < 1.29 is 8.42 Å². The monoisotopic (exact) mass is 241 g/mol. The van der Waals surface area contributed by atoms with Crippen molar-refractivity contribution in [3.63, 3.8) is 0 Å². The Balaban J connectivity index is 2.01. The summed E-state index contributed by atoms with van der Waals surface area (Å²) in [7, 11) is -3.21. The molecule has 1 saturated carbocycles. The number of aromatic nitrogens is 1. The SMILES string of the molecule is CCS(=O)(=O)Nc1ccc(NC2CC2)nc1. The van der Waals surface area contributed by atoms with Crippen molar-refractivity contribution in [3.8, 4) is 0 Å². The van der Waals surface area contributed by atoms with Gasteiger partial charge in [0.1, 0.15) is 5.82 Å². The van der Waals surface area contributed by atoms with E-state index in [2.05, 4.69) is 15.0 Å². The molecule has 0 aromatic carbocycles. The first kappa shape index (κ1) is 11.2. The van der Waals surface area contributed by atoms with Gasteiger partial charge in [-0.15, -0.1) is 0 Å². The van der Waals surface area contributed by atoms with Crippen molar-refractivity contribution in [1.29, 1.82) is 0 Å². The molecule has 0 spiro atoms. The van der Waals surface area contributed by atoms with Crippen molar-refractivity contribution in [2.75, 3.05) is 15.8 Å². The number of anilines is 2. The van der Waals surface area contributed by atoms with Gasteiger partial charge in [0.2, 0.25) is 10.0 Å². The molecule has 16 heavy (non-hydrogen) atoms. The Kier molecular flexibility index (Phi) is 3.00. The first-order chi connectivity index (χ1) is 7.59. The van der Waals surface area contributed by atoms with Crippen LogP contribution in [0.5, 0.6) is 0 Å². The second-order valence-electron chi connectivity index (χ2n) is 3.86. The fourth-order valence-corrected chi connectivity index (χ4v) is 1.85. The molecule has 88 valence electrons. The fraction of sp³-hybridized carbons (Fsp3) is 0.500. The normalized spacial score (nSPS) is 15.8. The summed E-state index contributed by atoms with van der Waals surface area (Å²) in [6, 6.07) is 4.04. The van der Waals surface area contributed by atoms with Gasteiger partial charge in [0.25, 0.3) is 0 Å². The lowest BCUT2D eigenvalue weighted by Crippen LogP contribution is -2.14. The van der Waals surface area contributed by atoms with Gasteiger partial charge < -0.3 is 5.32 Å². The van der Waals surface area contributed by atoms with Gasteiger partial charge in [0, 0.05) is 6.04 Å². The highest BCUT2D eigenvalue weighted by molar-refractivity contribution is 7.92. The quantitative estimate of drug-likeness (QED) is 0.817. The predicted molar refractivity (Wildman–Crippen MR) is 64.0 cm³/mol. The molecule has 5 nitrogen and oxygen atoms in total. The maximum atomic E-state index is 11.3. The maximum Gasteiger partial charge on any atom is 0.232 e. The topological polar surface area (TPSA) is 71.1 Å². The molecule has 1 aliphatic carbocycles. The Hall–Kier alpha value is -1.30. The summed E-state index contributed by atoms with van der Waals surface area (Å²) < 4.78 is 25.0. The summed E-state index contributed by atoms with van der Waals surface area (Å²) in [6.45, 7) is 1.60.